The summed E-state index contributed by atoms with van der Waals surface area (Å²) in [6.45, 7) is 16.6. The van der Waals surface area contributed by atoms with Gasteiger partial charge < -0.3 is 23.9 Å². The average molecular weight is 1360 g/mol. The van der Waals surface area contributed by atoms with Crippen LogP contribution in [0, 0.1) is 0 Å². The van der Waals surface area contributed by atoms with Gasteiger partial charge >= 0.3 is 14.2 Å². The monoisotopic (exact) mass is 1350 g/mol. The predicted octanol–water partition coefficient (Wildman–Crippen LogP) is 22.2. The number of anilines is 2. The zero-order valence-corrected chi connectivity index (χ0v) is 57.6. The molecule has 0 radical (unpaired) electrons. The predicted molar refractivity (Wildman–Crippen MR) is 402 cm³/mol. The van der Waals surface area contributed by atoms with Crippen molar-refractivity contribution in [3.8, 4) is 89.0 Å². The Morgan fingerprint density at radius 3 is 0.830 bits per heavy atom. The maximum Gasteiger partial charge on any atom is 0.495 e. The Morgan fingerprint density at radius 1 is 0.266 bits per heavy atom. The van der Waals surface area contributed by atoms with Gasteiger partial charge in [0.2, 0.25) is 0 Å². The van der Waals surface area contributed by atoms with Gasteiger partial charge in [0, 0.05) is 8.95 Å². The van der Waals surface area contributed by atoms with Crippen LogP contribution in [0.3, 0.4) is 0 Å². The minimum atomic E-state index is -0.433. The molecule has 0 bridgehead atoms. The van der Waals surface area contributed by atoms with Crippen molar-refractivity contribution >= 4 is 68.4 Å². The second kappa shape index (κ2) is 27.0. The lowest BCUT2D eigenvalue weighted by atomic mass is 9.69. The maximum atomic E-state index is 6.36. The molecule has 9 heteroatoms. The van der Waals surface area contributed by atoms with E-state index in [4.69, 9.17) is 18.6 Å². The van der Waals surface area contributed by atoms with E-state index in [9.17, 15) is 0 Å². The smallest absolute Gasteiger partial charge is 0.399 e. The molecule has 0 spiro atoms. The number of benzene rings is 12. The van der Waals surface area contributed by atoms with Crippen molar-refractivity contribution in [3.05, 3.63) is 311 Å². The molecule has 1 N–H and O–H groups in total. The van der Waals surface area contributed by atoms with Crippen LogP contribution < -0.4 is 16.2 Å². The summed E-state index contributed by atoms with van der Waals surface area (Å²) in [6.07, 6.45) is 0.886. The molecular formula is C85H75B2Br2NO4. The Morgan fingerprint density at radius 2 is 0.521 bits per heavy atom. The van der Waals surface area contributed by atoms with Crippen LogP contribution in [0.2, 0.25) is 0 Å². The molecule has 2 fully saturated rings. The van der Waals surface area contributed by atoms with Crippen LogP contribution in [0.5, 0.6) is 0 Å². The summed E-state index contributed by atoms with van der Waals surface area (Å²) in [5, 5.41) is 3.50. The second-order valence-electron chi connectivity index (χ2n) is 26.3. The number of hydrogen-bond acceptors (Lipinski definition) is 5. The van der Waals surface area contributed by atoms with E-state index >= 15 is 0 Å². The van der Waals surface area contributed by atoms with E-state index in [0.717, 1.165) is 48.8 Å². The molecule has 0 atom stereocenters. The van der Waals surface area contributed by atoms with Crippen LogP contribution in [-0.4, -0.2) is 36.6 Å². The van der Waals surface area contributed by atoms with Crippen molar-refractivity contribution in [1.29, 1.82) is 0 Å². The number of fused-ring (bicyclic) bond motifs is 7. The van der Waals surface area contributed by atoms with Gasteiger partial charge in [0.25, 0.3) is 0 Å². The maximum absolute atomic E-state index is 6.36. The molecule has 1 aliphatic carbocycles. The third-order valence-corrected chi connectivity index (χ3v) is 20.5. The first-order valence-electron chi connectivity index (χ1n) is 32.3. The molecule has 0 unspecified atom stereocenters. The van der Waals surface area contributed by atoms with Crippen molar-refractivity contribution in [1.82, 2.24) is 0 Å². The first kappa shape index (κ1) is 64.1. The van der Waals surface area contributed by atoms with Gasteiger partial charge in [-0.15, -0.1) is 0 Å². The largest absolute Gasteiger partial charge is 0.495 e. The van der Waals surface area contributed by atoms with E-state index < -0.39 is 36.6 Å². The van der Waals surface area contributed by atoms with Gasteiger partial charge in [0.15, 0.2) is 0 Å². The molecule has 15 rings (SSSR count). The molecule has 464 valence electrons. The van der Waals surface area contributed by atoms with Gasteiger partial charge in [-0.05, 0) is 241 Å². The zero-order chi connectivity index (χ0) is 65.2. The number of hydrogen-bond donors (Lipinski definition) is 1. The fourth-order valence-corrected chi connectivity index (χ4v) is 13.5. The summed E-state index contributed by atoms with van der Waals surface area (Å²) >= 11 is 7.40. The lowest BCUT2D eigenvalue weighted by Crippen LogP contribution is -2.41. The molecule has 0 aromatic heterocycles. The van der Waals surface area contributed by atoms with Crippen molar-refractivity contribution in [2.75, 3.05) is 5.32 Å². The van der Waals surface area contributed by atoms with Crippen LogP contribution in [0.4, 0.5) is 11.4 Å². The molecule has 2 aliphatic heterocycles. The highest BCUT2D eigenvalue weighted by Gasteiger charge is 2.54. The lowest BCUT2D eigenvalue weighted by Gasteiger charge is -2.32. The van der Waals surface area contributed by atoms with Crippen LogP contribution in [0.15, 0.2) is 300 Å². The molecule has 12 aromatic rings. The Bertz CT molecular complexity index is 4350. The minimum Gasteiger partial charge on any atom is -0.399 e. The SMILES string of the molecule is Brc1cc(-c2ccccc2)ccc1Nc1ccc(-c2ccccc2)cc1Br.CC1(C)OB(c2ccccc2-c2ccccc2B2OC(C)(C)C(C)(C)O2)OC1(C)C.c1ccc(-c2ccc3c(c2)-c2ccccc2-c2ccccc2-c2cc(-c4ccccc4)ccc2C3)cc1. The van der Waals surface area contributed by atoms with Crippen molar-refractivity contribution in [2.45, 2.75) is 84.2 Å². The highest BCUT2D eigenvalue weighted by atomic mass is 79.9. The highest BCUT2D eigenvalue weighted by molar-refractivity contribution is 9.11. The number of rotatable bonds is 9. The topological polar surface area (TPSA) is 49.0 Å². The standard InChI is InChI=1S/C37H26.C24H32B2O4.C24H17Br2N/c1-3-11-26(12-4-1)28-19-21-30-23-31-22-20-29(27-13-5-2-6-14-27)25-37(31)35-18-10-8-16-33(35)32-15-7-9-17-34(32)36(30)24-28;1-21(2)22(3,4)28-25(27-21)19-15-11-9-13-17(19)18-14-10-12-16-20(18)26-29-23(5,6)24(7,8)30-26;25-21-15-19(17-7-3-1-4-8-17)11-13-23(21)27-24-14-12-20(16-22(24)26)18-9-5-2-6-10-18/h1-22,24-25H,23H2;9-16H,1-8H3;1-16,27H. The number of nitrogens with one attached hydrogen (secondary N) is 1. The average Bonchev–Trinajstić information content (AvgIpc) is 1.52. The quantitative estimate of drug-likeness (QED) is 0.146. The van der Waals surface area contributed by atoms with E-state index in [0.29, 0.717) is 0 Å². The second-order valence-corrected chi connectivity index (χ2v) is 28.0. The summed E-state index contributed by atoms with van der Waals surface area (Å²) in [5.41, 5.74) is 24.9. The third kappa shape index (κ3) is 13.4. The Kier molecular flexibility index (Phi) is 18.4. The fourth-order valence-electron chi connectivity index (χ4n) is 12.5. The zero-order valence-electron chi connectivity index (χ0n) is 54.5. The van der Waals surface area contributed by atoms with Gasteiger partial charge in [-0.3, -0.25) is 0 Å². The van der Waals surface area contributed by atoms with E-state index in [1.54, 1.807) is 0 Å². The molecule has 5 nitrogen and oxygen atoms in total. The first-order chi connectivity index (χ1) is 45.4. The van der Waals surface area contributed by atoms with Crippen LogP contribution in [0.1, 0.15) is 66.5 Å². The Hall–Kier alpha value is -8.63. The molecule has 0 amide bonds. The fraction of sp³-hybridized carbons (Fsp3) is 0.153. The van der Waals surface area contributed by atoms with Gasteiger partial charge in [0.1, 0.15) is 0 Å². The Labute approximate surface area is 572 Å². The van der Waals surface area contributed by atoms with Crippen molar-refractivity contribution < 1.29 is 18.6 Å². The van der Waals surface area contributed by atoms with Gasteiger partial charge in [-0.25, -0.2) is 0 Å². The van der Waals surface area contributed by atoms with Crippen molar-refractivity contribution in [3.63, 3.8) is 0 Å². The molecular weight excluding hydrogens is 1280 g/mol. The third-order valence-electron chi connectivity index (χ3n) is 19.2. The van der Waals surface area contributed by atoms with Gasteiger partial charge in [-0.2, -0.15) is 0 Å². The molecule has 12 aromatic carbocycles. The van der Waals surface area contributed by atoms with Gasteiger partial charge in [-0.1, -0.05) is 255 Å². The molecule has 94 heavy (non-hydrogen) atoms. The van der Waals surface area contributed by atoms with Crippen LogP contribution in [0.25, 0.3) is 89.0 Å². The summed E-state index contributed by atoms with van der Waals surface area (Å²) in [4.78, 5) is 0. The van der Waals surface area contributed by atoms with Gasteiger partial charge in [0.05, 0.1) is 33.8 Å². The number of halogens is 2. The van der Waals surface area contributed by atoms with E-state index in [1.807, 2.05) is 36.4 Å². The van der Waals surface area contributed by atoms with Crippen LogP contribution >= 0.6 is 31.9 Å². The van der Waals surface area contributed by atoms with E-state index in [1.165, 1.54) is 89.0 Å². The molecule has 2 heterocycles. The molecule has 3 aliphatic rings. The summed E-state index contributed by atoms with van der Waals surface area (Å²) < 4.78 is 27.5. The minimum absolute atomic E-state index is 0.393. The van der Waals surface area contributed by atoms with Crippen LogP contribution in [-0.2, 0) is 25.0 Å². The summed E-state index contributed by atoms with van der Waals surface area (Å²) in [6, 6.07) is 103. The van der Waals surface area contributed by atoms with Crippen molar-refractivity contribution in [2.24, 2.45) is 0 Å². The summed E-state index contributed by atoms with van der Waals surface area (Å²) in [5.74, 6) is 0. The molecule has 0 saturated carbocycles. The lowest BCUT2D eigenvalue weighted by molar-refractivity contribution is 0.00578. The van der Waals surface area contributed by atoms with E-state index in [2.05, 4.69) is 347 Å². The van der Waals surface area contributed by atoms with E-state index in [-0.39, 0.29) is 0 Å². The normalized spacial score (nSPS) is 15.2. The Balaban J connectivity index is 0.000000130. The summed E-state index contributed by atoms with van der Waals surface area (Å²) in [7, 11) is -0.866. The molecule has 2 saturated heterocycles. The first-order valence-corrected chi connectivity index (χ1v) is 33.9. The highest BCUT2D eigenvalue weighted by Crippen LogP contribution is 2.46.